The quantitative estimate of drug-likeness (QED) is 0.779. The van der Waals surface area contributed by atoms with Crippen LogP contribution in [0.2, 0.25) is 0 Å². The topological polar surface area (TPSA) is 37.8 Å². The van der Waals surface area contributed by atoms with Crippen LogP contribution in [-0.2, 0) is 0 Å². The molecule has 0 saturated heterocycles. The highest BCUT2D eigenvalue weighted by Gasteiger charge is 2.21. The van der Waals surface area contributed by atoms with Gasteiger partial charge in [-0.05, 0) is 25.0 Å². The van der Waals surface area contributed by atoms with Gasteiger partial charge in [0.05, 0.1) is 5.52 Å². The number of fused-ring (bicyclic) bond motifs is 1. The van der Waals surface area contributed by atoms with Crippen LogP contribution in [0.25, 0.3) is 10.9 Å². The number of rotatable bonds is 2. The van der Waals surface area contributed by atoms with Crippen LogP contribution in [0, 0.1) is 0 Å². The molecule has 1 N–H and O–H groups in total. The van der Waals surface area contributed by atoms with Crippen LogP contribution in [0.5, 0.6) is 0 Å². The zero-order chi connectivity index (χ0) is 9.38. The lowest BCUT2D eigenvalue weighted by Crippen LogP contribution is -2.01. The minimum Gasteiger partial charge on any atom is -0.382 e. The minimum absolute atomic E-state index is 0.667. The lowest BCUT2D eigenvalue weighted by atomic mass is 10.2. The largest absolute Gasteiger partial charge is 0.382 e. The second kappa shape index (κ2) is 2.94. The van der Waals surface area contributed by atoms with Crippen LogP contribution >= 0.6 is 0 Å². The van der Waals surface area contributed by atoms with E-state index < -0.39 is 0 Å². The van der Waals surface area contributed by atoms with Crippen LogP contribution < -0.4 is 5.32 Å². The summed E-state index contributed by atoms with van der Waals surface area (Å²) in [6.07, 6.45) is 8.05. The Labute approximate surface area is 82.2 Å². The Morgan fingerprint density at radius 2 is 2.14 bits per heavy atom. The van der Waals surface area contributed by atoms with E-state index >= 15 is 0 Å². The van der Waals surface area contributed by atoms with E-state index in [2.05, 4.69) is 15.3 Å². The fourth-order valence-electron chi connectivity index (χ4n) is 1.56. The van der Waals surface area contributed by atoms with Crippen LogP contribution in [0.1, 0.15) is 12.8 Å². The molecular formula is C11H11N3. The van der Waals surface area contributed by atoms with Crippen molar-refractivity contribution in [3.05, 3.63) is 30.7 Å². The van der Waals surface area contributed by atoms with Crippen molar-refractivity contribution in [3.63, 3.8) is 0 Å². The molecule has 3 heteroatoms. The minimum atomic E-state index is 0.667. The summed E-state index contributed by atoms with van der Waals surface area (Å²) >= 11 is 0. The highest BCUT2D eigenvalue weighted by Crippen LogP contribution is 2.28. The van der Waals surface area contributed by atoms with Crippen molar-refractivity contribution in [1.29, 1.82) is 0 Å². The molecule has 3 rings (SSSR count). The second-order valence-electron chi connectivity index (χ2n) is 3.67. The number of hydrogen-bond donors (Lipinski definition) is 1. The van der Waals surface area contributed by atoms with Crippen molar-refractivity contribution >= 4 is 16.6 Å². The molecule has 14 heavy (non-hydrogen) atoms. The van der Waals surface area contributed by atoms with Gasteiger partial charge in [-0.2, -0.15) is 0 Å². The maximum absolute atomic E-state index is 4.29. The summed E-state index contributed by atoms with van der Waals surface area (Å²) < 4.78 is 0. The first kappa shape index (κ1) is 7.74. The first-order valence-corrected chi connectivity index (χ1v) is 4.89. The van der Waals surface area contributed by atoms with Gasteiger partial charge in [-0.1, -0.05) is 0 Å². The van der Waals surface area contributed by atoms with Gasteiger partial charge in [-0.3, -0.25) is 9.97 Å². The van der Waals surface area contributed by atoms with Crippen molar-refractivity contribution in [2.24, 2.45) is 0 Å². The molecule has 0 radical (unpaired) electrons. The molecule has 1 aliphatic carbocycles. The standard InChI is InChI=1S/C11H11N3/c1-2-8(1)14-11-4-6-13-10-3-5-12-7-9(10)11/h3-8H,1-2H2,(H,13,14). The highest BCUT2D eigenvalue weighted by atomic mass is 15.0. The van der Waals surface area contributed by atoms with E-state index in [9.17, 15) is 0 Å². The Morgan fingerprint density at radius 1 is 1.21 bits per heavy atom. The fraction of sp³-hybridized carbons (Fsp3) is 0.273. The smallest absolute Gasteiger partial charge is 0.0753 e. The Morgan fingerprint density at radius 3 is 3.00 bits per heavy atom. The lowest BCUT2D eigenvalue weighted by molar-refractivity contribution is 1.16. The van der Waals surface area contributed by atoms with Crippen molar-refractivity contribution in [2.45, 2.75) is 18.9 Å². The number of hydrogen-bond acceptors (Lipinski definition) is 3. The van der Waals surface area contributed by atoms with E-state index in [1.165, 1.54) is 12.8 Å². The Bertz CT molecular complexity index is 458. The molecule has 1 saturated carbocycles. The molecule has 3 nitrogen and oxygen atoms in total. The number of nitrogens with zero attached hydrogens (tertiary/aromatic N) is 2. The van der Waals surface area contributed by atoms with Crippen LogP contribution in [0.3, 0.4) is 0 Å². The number of aromatic nitrogens is 2. The molecule has 1 aliphatic rings. The van der Waals surface area contributed by atoms with Gasteiger partial charge >= 0.3 is 0 Å². The summed E-state index contributed by atoms with van der Waals surface area (Å²) in [6.45, 7) is 0. The average molecular weight is 185 g/mol. The Kier molecular flexibility index (Phi) is 1.63. The SMILES string of the molecule is c1cc2nccc(NC3CC3)c2cn1. The van der Waals surface area contributed by atoms with Gasteiger partial charge in [0.1, 0.15) is 0 Å². The molecule has 0 aliphatic heterocycles. The number of nitrogens with one attached hydrogen (secondary N) is 1. The van der Waals surface area contributed by atoms with Crippen molar-refractivity contribution < 1.29 is 0 Å². The van der Waals surface area contributed by atoms with E-state index in [0.717, 1.165) is 16.6 Å². The third-order valence-electron chi connectivity index (χ3n) is 2.48. The van der Waals surface area contributed by atoms with E-state index in [4.69, 9.17) is 0 Å². The molecule has 0 spiro atoms. The molecule has 1 fully saturated rings. The molecule has 0 bridgehead atoms. The van der Waals surface area contributed by atoms with Gasteiger partial charge in [0, 0.05) is 35.7 Å². The summed E-state index contributed by atoms with van der Waals surface area (Å²) in [4.78, 5) is 8.41. The second-order valence-corrected chi connectivity index (χ2v) is 3.67. The third-order valence-corrected chi connectivity index (χ3v) is 2.48. The number of pyridine rings is 2. The van der Waals surface area contributed by atoms with E-state index in [-0.39, 0.29) is 0 Å². The lowest BCUT2D eigenvalue weighted by Gasteiger charge is -2.06. The van der Waals surface area contributed by atoms with Crippen LogP contribution in [-0.4, -0.2) is 16.0 Å². The van der Waals surface area contributed by atoms with Crippen LogP contribution in [0.15, 0.2) is 30.7 Å². The van der Waals surface area contributed by atoms with Gasteiger partial charge in [0.15, 0.2) is 0 Å². The molecule has 0 aromatic carbocycles. The normalized spacial score (nSPS) is 15.7. The first-order chi connectivity index (χ1) is 6.93. The molecule has 2 aromatic heterocycles. The summed E-state index contributed by atoms with van der Waals surface area (Å²) in [5.74, 6) is 0. The van der Waals surface area contributed by atoms with Gasteiger partial charge in [-0.25, -0.2) is 0 Å². The van der Waals surface area contributed by atoms with Gasteiger partial charge in [-0.15, -0.1) is 0 Å². The zero-order valence-electron chi connectivity index (χ0n) is 7.77. The third kappa shape index (κ3) is 1.31. The molecule has 0 unspecified atom stereocenters. The zero-order valence-corrected chi connectivity index (χ0v) is 7.77. The Hall–Kier alpha value is -1.64. The molecule has 0 amide bonds. The van der Waals surface area contributed by atoms with E-state index in [1.807, 2.05) is 24.5 Å². The van der Waals surface area contributed by atoms with Crippen molar-refractivity contribution in [3.8, 4) is 0 Å². The fourth-order valence-corrected chi connectivity index (χ4v) is 1.56. The maximum atomic E-state index is 4.29. The van der Waals surface area contributed by atoms with Crippen molar-refractivity contribution in [1.82, 2.24) is 9.97 Å². The van der Waals surface area contributed by atoms with Gasteiger partial charge in [0.25, 0.3) is 0 Å². The average Bonchev–Trinajstić information content (AvgIpc) is 3.03. The van der Waals surface area contributed by atoms with Crippen LogP contribution in [0.4, 0.5) is 5.69 Å². The molecule has 70 valence electrons. The van der Waals surface area contributed by atoms with Crippen molar-refractivity contribution in [2.75, 3.05) is 5.32 Å². The summed E-state index contributed by atoms with van der Waals surface area (Å²) in [6, 6.07) is 4.62. The Balaban J connectivity index is 2.11. The monoisotopic (exact) mass is 185 g/mol. The predicted molar refractivity (Wildman–Crippen MR) is 56.2 cm³/mol. The maximum Gasteiger partial charge on any atom is 0.0753 e. The first-order valence-electron chi connectivity index (χ1n) is 4.89. The highest BCUT2D eigenvalue weighted by molar-refractivity contribution is 5.90. The van der Waals surface area contributed by atoms with Gasteiger partial charge < -0.3 is 5.32 Å². The molecular weight excluding hydrogens is 174 g/mol. The molecule has 2 aromatic rings. The molecule has 0 atom stereocenters. The summed E-state index contributed by atoms with van der Waals surface area (Å²) in [5, 5.41) is 4.59. The number of anilines is 1. The van der Waals surface area contributed by atoms with Gasteiger partial charge in [0.2, 0.25) is 0 Å². The van der Waals surface area contributed by atoms with E-state index in [1.54, 1.807) is 6.20 Å². The van der Waals surface area contributed by atoms with E-state index in [0.29, 0.717) is 6.04 Å². The predicted octanol–water partition coefficient (Wildman–Crippen LogP) is 2.20. The summed E-state index contributed by atoms with van der Waals surface area (Å²) in [5.41, 5.74) is 2.16. The summed E-state index contributed by atoms with van der Waals surface area (Å²) in [7, 11) is 0. The molecule has 2 heterocycles.